The van der Waals surface area contributed by atoms with Crippen LogP contribution in [0.2, 0.25) is 0 Å². The molecule has 2 rings (SSSR count). The van der Waals surface area contributed by atoms with Gasteiger partial charge in [0.1, 0.15) is 18.6 Å². The number of pyridine rings is 1. The van der Waals surface area contributed by atoms with Crippen molar-refractivity contribution in [3.63, 3.8) is 0 Å². The molecule has 0 atom stereocenters. The lowest BCUT2D eigenvalue weighted by molar-refractivity contribution is -0.137. The Labute approximate surface area is 85.2 Å². The number of nitrogens with zero attached hydrogens (tertiary/aromatic N) is 4. The number of carbonyl (C=O) groups is 1. The van der Waals surface area contributed by atoms with Gasteiger partial charge in [-0.25, -0.2) is 9.67 Å². The van der Waals surface area contributed by atoms with Gasteiger partial charge in [0.25, 0.3) is 0 Å². The summed E-state index contributed by atoms with van der Waals surface area (Å²) in [5.74, 6) is -0.524. The molecule has 0 saturated heterocycles. The fourth-order valence-corrected chi connectivity index (χ4v) is 1.12. The van der Waals surface area contributed by atoms with Crippen LogP contribution in [0.25, 0.3) is 11.5 Å². The third kappa shape index (κ3) is 2.16. The van der Waals surface area contributed by atoms with Crippen molar-refractivity contribution in [2.45, 2.75) is 6.54 Å². The van der Waals surface area contributed by atoms with Gasteiger partial charge in [0.05, 0.1) is 0 Å². The lowest BCUT2D eigenvalue weighted by Gasteiger charge is -1.93. The Hall–Kier alpha value is -2.24. The molecule has 6 heteroatoms. The average Bonchev–Trinajstić information content (AvgIpc) is 2.67. The van der Waals surface area contributed by atoms with E-state index in [2.05, 4.69) is 15.1 Å². The Bertz CT molecular complexity index is 466. The summed E-state index contributed by atoms with van der Waals surface area (Å²) in [5.41, 5.74) is 0.627. The van der Waals surface area contributed by atoms with Gasteiger partial charge >= 0.3 is 5.97 Å². The van der Waals surface area contributed by atoms with Gasteiger partial charge in [0, 0.05) is 6.20 Å². The van der Waals surface area contributed by atoms with Crippen LogP contribution in [0.3, 0.4) is 0 Å². The summed E-state index contributed by atoms with van der Waals surface area (Å²) in [7, 11) is 0. The normalized spacial score (nSPS) is 10.1. The monoisotopic (exact) mass is 204 g/mol. The van der Waals surface area contributed by atoms with Crippen LogP contribution in [0.15, 0.2) is 30.7 Å². The molecule has 2 aromatic heterocycles. The standard InChI is InChI=1S/C9H8N4O2/c14-8(15)5-13-6-11-9(12-13)7-3-1-2-4-10-7/h1-4,6H,5H2,(H,14,15). The maximum atomic E-state index is 10.4. The molecule has 0 aliphatic heterocycles. The zero-order valence-electron chi connectivity index (χ0n) is 7.74. The van der Waals surface area contributed by atoms with E-state index in [4.69, 9.17) is 5.11 Å². The van der Waals surface area contributed by atoms with Crippen molar-refractivity contribution in [3.05, 3.63) is 30.7 Å². The Morgan fingerprint density at radius 2 is 2.27 bits per heavy atom. The number of rotatable bonds is 3. The number of hydrogen-bond acceptors (Lipinski definition) is 4. The third-order valence-corrected chi connectivity index (χ3v) is 1.73. The molecular weight excluding hydrogens is 196 g/mol. The zero-order valence-corrected chi connectivity index (χ0v) is 7.74. The topological polar surface area (TPSA) is 80.9 Å². The third-order valence-electron chi connectivity index (χ3n) is 1.73. The van der Waals surface area contributed by atoms with Gasteiger partial charge in [-0.1, -0.05) is 6.07 Å². The predicted molar refractivity (Wildman–Crippen MR) is 50.9 cm³/mol. The zero-order chi connectivity index (χ0) is 10.7. The SMILES string of the molecule is O=C(O)Cn1cnc(-c2ccccn2)n1. The van der Waals surface area contributed by atoms with Crippen LogP contribution in [0.1, 0.15) is 0 Å². The number of carboxylic acid groups (broad SMARTS) is 1. The van der Waals surface area contributed by atoms with Gasteiger partial charge in [-0.15, -0.1) is 5.10 Å². The fraction of sp³-hybridized carbons (Fsp3) is 0.111. The van der Waals surface area contributed by atoms with Crippen LogP contribution in [0.5, 0.6) is 0 Å². The van der Waals surface area contributed by atoms with Crippen molar-refractivity contribution in [1.82, 2.24) is 19.7 Å². The van der Waals surface area contributed by atoms with E-state index < -0.39 is 5.97 Å². The molecule has 0 amide bonds. The van der Waals surface area contributed by atoms with Crippen molar-refractivity contribution >= 4 is 5.97 Å². The van der Waals surface area contributed by atoms with E-state index in [1.165, 1.54) is 11.0 Å². The van der Waals surface area contributed by atoms with Crippen LogP contribution >= 0.6 is 0 Å². The molecule has 2 heterocycles. The molecule has 15 heavy (non-hydrogen) atoms. The molecule has 2 aromatic rings. The molecule has 76 valence electrons. The number of carboxylic acids is 1. The Kier molecular flexibility index (Phi) is 2.40. The van der Waals surface area contributed by atoms with Crippen molar-refractivity contribution in [3.8, 4) is 11.5 Å². The predicted octanol–water partition coefficient (Wildman–Crippen LogP) is 0.425. The second-order valence-corrected chi connectivity index (χ2v) is 2.87. The van der Waals surface area contributed by atoms with Gasteiger partial charge in [0.2, 0.25) is 0 Å². The summed E-state index contributed by atoms with van der Waals surface area (Å²) in [5, 5.41) is 12.5. The average molecular weight is 204 g/mol. The molecule has 6 nitrogen and oxygen atoms in total. The van der Waals surface area contributed by atoms with Crippen LogP contribution < -0.4 is 0 Å². The largest absolute Gasteiger partial charge is 0.480 e. The van der Waals surface area contributed by atoms with Gasteiger partial charge in [-0.3, -0.25) is 9.78 Å². The van der Waals surface area contributed by atoms with E-state index in [0.717, 1.165) is 0 Å². The molecule has 0 bridgehead atoms. The Morgan fingerprint density at radius 1 is 1.40 bits per heavy atom. The smallest absolute Gasteiger partial charge is 0.325 e. The second-order valence-electron chi connectivity index (χ2n) is 2.87. The molecule has 0 aromatic carbocycles. The van der Waals surface area contributed by atoms with Crippen LogP contribution in [-0.2, 0) is 11.3 Å². The minimum Gasteiger partial charge on any atom is -0.480 e. The highest BCUT2D eigenvalue weighted by Crippen LogP contribution is 2.08. The molecule has 0 fully saturated rings. The second kappa shape index (κ2) is 3.87. The minimum absolute atomic E-state index is 0.195. The molecule has 0 aliphatic carbocycles. The highest BCUT2D eigenvalue weighted by molar-refractivity contribution is 5.66. The van der Waals surface area contributed by atoms with Crippen LogP contribution in [-0.4, -0.2) is 30.8 Å². The minimum atomic E-state index is -0.951. The number of aromatic nitrogens is 4. The van der Waals surface area contributed by atoms with Gasteiger partial charge < -0.3 is 5.11 Å². The molecule has 0 aliphatic rings. The maximum Gasteiger partial charge on any atom is 0.325 e. The highest BCUT2D eigenvalue weighted by Gasteiger charge is 2.06. The quantitative estimate of drug-likeness (QED) is 0.783. The van der Waals surface area contributed by atoms with Crippen molar-refractivity contribution in [1.29, 1.82) is 0 Å². The number of hydrogen-bond donors (Lipinski definition) is 1. The lowest BCUT2D eigenvalue weighted by Crippen LogP contribution is -2.08. The molecule has 1 N–H and O–H groups in total. The first-order chi connectivity index (χ1) is 7.25. The van der Waals surface area contributed by atoms with E-state index >= 15 is 0 Å². The first-order valence-corrected chi connectivity index (χ1v) is 4.28. The van der Waals surface area contributed by atoms with Crippen LogP contribution in [0, 0.1) is 0 Å². The molecular formula is C9H8N4O2. The van der Waals surface area contributed by atoms with Crippen LogP contribution in [0.4, 0.5) is 0 Å². The summed E-state index contributed by atoms with van der Waals surface area (Å²) < 4.78 is 1.26. The summed E-state index contributed by atoms with van der Waals surface area (Å²) in [4.78, 5) is 18.4. The van der Waals surface area contributed by atoms with E-state index in [1.54, 1.807) is 18.3 Å². The van der Waals surface area contributed by atoms with E-state index in [1.807, 2.05) is 6.07 Å². The fourth-order valence-electron chi connectivity index (χ4n) is 1.12. The van der Waals surface area contributed by atoms with E-state index in [9.17, 15) is 4.79 Å². The van der Waals surface area contributed by atoms with Gasteiger partial charge in [-0.05, 0) is 12.1 Å². The first kappa shape index (κ1) is 9.32. The molecule has 0 unspecified atom stereocenters. The Balaban J connectivity index is 2.24. The van der Waals surface area contributed by atoms with Crippen molar-refractivity contribution in [2.24, 2.45) is 0 Å². The van der Waals surface area contributed by atoms with E-state index in [0.29, 0.717) is 11.5 Å². The first-order valence-electron chi connectivity index (χ1n) is 4.28. The Morgan fingerprint density at radius 3 is 2.93 bits per heavy atom. The maximum absolute atomic E-state index is 10.4. The molecule has 0 radical (unpaired) electrons. The molecule has 0 spiro atoms. The van der Waals surface area contributed by atoms with Gasteiger partial charge in [0.15, 0.2) is 5.82 Å². The molecule has 0 saturated carbocycles. The van der Waals surface area contributed by atoms with Crippen molar-refractivity contribution in [2.75, 3.05) is 0 Å². The summed E-state index contributed by atoms with van der Waals surface area (Å²) >= 11 is 0. The van der Waals surface area contributed by atoms with Gasteiger partial charge in [-0.2, -0.15) is 0 Å². The highest BCUT2D eigenvalue weighted by atomic mass is 16.4. The van der Waals surface area contributed by atoms with Crippen molar-refractivity contribution < 1.29 is 9.90 Å². The number of aliphatic carboxylic acids is 1. The summed E-state index contributed by atoms with van der Waals surface area (Å²) in [6, 6.07) is 5.37. The van der Waals surface area contributed by atoms with E-state index in [-0.39, 0.29) is 6.54 Å². The lowest BCUT2D eigenvalue weighted by atomic mass is 10.3. The summed E-state index contributed by atoms with van der Waals surface area (Å²) in [6.45, 7) is -0.195. The summed E-state index contributed by atoms with van der Waals surface area (Å²) in [6.07, 6.45) is 3.01.